The lowest BCUT2D eigenvalue weighted by Gasteiger charge is -2.28. The second-order valence-corrected chi connectivity index (χ2v) is 7.18. The Hall–Kier alpha value is -2.42. The van der Waals surface area contributed by atoms with Crippen LogP contribution in [0.1, 0.15) is 59.2 Å². The average Bonchev–Trinajstić information content (AvgIpc) is 2.72. The summed E-state index contributed by atoms with van der Waals surface area (Å²) in [6.45, 7) is 0.503. The highest BCUT2D eigenvalue weighted by Crippen LogP contribution is 2.32. The van der Waals surface area contributed by atoms with Crippen LogP contribution in [0, 0.1) is 11.8 Å². The van der Waals surface area contributed by atoms with E-state index in [0.717, 1.165) is 37.7 Å². The molecule has 1 aliphatic rings. The quantitative estimate of drug-likeness (QED) is 0.502. The van der Waals surface area contributed by atoms with E-state index in [1.807, 2.05) is 48.5 Å². The molecular weight excluding hydrogens is 324 g/mol. The van der Waals surface area contributed by atoms with Crippen molar-refractivity contribution in [3.63, 3.8) is 0 Å². The van der Waals surface area contributed by atoms with E-state index >= 15 is 0 Å². The van der Waals surface area contributed by atoms with E-state index in [9.17, 15) is 9.59 Å². The average molecular weight is 350 g/mol. The first kappa shape index (κ1) is 18.4. The van der Waals surface area contributed by atoms with Crippen LogP contribution in [-0.4, -0.2) is 18.4 Å². The van der Waals surface area contributed by atoms with Crippen LogP contribution < -0.4 is 0 Å². The molecule has 1 saturated carbocycles. The highest BCUT2D eigenvalue weighted by atomic mass is 16.5. The summed E-state index contributed by atoms with van der Waals surface area (Å²) in [5, 5.41) is 0. The van der Waals surface area contributed by atoms with Crippen molar-refractivity contribution in [2.24, 2.45) is 11.8 Å². The molecular formula is C23H26O3. The number of hydrogen-bond acceptors (Lipinski definition) is 3. The fraction of sp³-hybridized carbons (Fsp3) is 0.391. The molecule has 1 aliphatic carbocycles. The van der Waals surface area contributed by atoms with E-state index in [1.165, 1.54) is 0 Å². The van der Waals surface area contributed by atoms with Crippen LogP contribution in [0.3, 0.4) is 0 Å². The molecule has 136 valence electrons. The fourth-order valence-corrected chi connectivity index (χ4v) is 3.64. The number of carbonyl (C=O) groups excluding carboxylic acids is 2. The minimum atomic E-state index is -0.235. The van der Waals surface area contributed by atoms with Crippen LogP contribution in [-0.2, 0) is 4.74 Å². The Morgan fingerprint density at radius 3 is 1.92 bits per heavy atom. The Morgan fingerprint density at radius 1 is 0.769 bits per heavy atom. The predicted molar refractivity (Wildman–Crippen MR) is 102 cm³/mol. The van der Waals surface area contributed by atoms with Crippen molar-refractivity contribution in [1.82, 2.24) is 0 Å². The molecule has 26 heavy (non-hydrogen) atoms. The summed E-state index contributed by atoms with van der Waals surface area (Å²) in [5.41, 5.74) is 1.43. The molecule has 2 aromatic rings. The van der Waals surface area contributed by atoms with Gasteiger partial charge in [0.1, 0.15) is 0 Å². The molecule has 3 heteroatoms. The van der Waals surface area contributed by atoms with Gasteiger partial charge >= 0.3 is 5.97 Å². The van der Waals surface area contributed by atoms with Gasteiger partial charge in [0.2, 0.25) is 0 Å². The van der Waals surface area contributed by atoms with Crippen LogP contribution >= 0.6 is 0 Å². The van der Waals surface area contributed by atoms with Gasteiger partial charge in [0.15, 0.2) is 5.78 Å². The lowest BCUT2D eigenvalue weighted by atomic mass is 9.80. The first-order chi connectivity index (χ1) is 12.7. The lowest BCUT2D eigenvalue weighted by Crippen LogP contribution is -2.21. The first-order valence-corrected chi connectivity index (χ1v) is 9.53. The van der Waals surface area contributed by atoms with Crippen molar-refractivity contribution >= 4 is 11.8 Å². The molecule has 0 bridgehead atoms. The molecule has 2 aromatic carbocycles. The van der Waals surface area contributed by atoms with Crippen LogP contribution in [0.5, 0.6) is 0 Å². The summed E-state index contributed by atoms with van der Waals surface area (Å²) >= 11 is 0. The van der Waals surface area contributed by atoms with E-state index in [0.29, 0.717) is 30.4 Å². The fourth-order valence-electron chi connectivity index (χ4n) is 3.64. The van der Waals surface area contributed by atoms with Crippen molar-refractivity contribution in [2.75, 3.05) is 6.61 Å². The second kappa shape index (κ2) is 9.33. The van der Waals surface area contributed by atoms with Crippen molar-refractivity contribution < 1.29 is 14.3 Å². The van der Waals surface area contributed by atoms with Crippen molar-refractivity contribution in [1.29, 1.82) is 0 Å². The van der Waals surface area contributed by atoms with Crippen molar-refractivity contribution in [2.45, 2.75) is 38.5 Å². The summed E-state index contributed by atoms with van der Waals surface area (Å²) in [4.78, 5) is 24.2. The van der Waals surface area contributed by atoms with Crippen molar-refractivity contribution in [3.8, 4) is 0 Å². The molecule has 3 nitrogen and oxygen atoms in total. The Balaban J connectivity index is 1.35. The summed E-state index contributed by atoms with van der Waals surface area (Å²) in [7, 11) is 0. The van der Waals surface area contributed by atoms with Gasteiger partial charge in [0.05, 0.1) is 12.2 Å². The molecule has 0 atom stereocenters. The number of rotatable bonds is 7. The number of esters is 1. The first-order valence-electron chi connectivity index (χ1n) is 9.53. The minimum absolute atomic E-state index is 0.235. The smallest absolute Gasteiger partial charge is 0.338 e. The van der Waals surface area contributed by atoms with Gasteiger partial charge in [-0.05, 0) is 43.2 Å². The molecule has 3 rings (SSSR count). The van der Waals surface area contributed by atoms with Gasteiger partial charge < -0.3 is 4.74 Å². The normalized spacial score (nSPS) is 19.7. The van der Waals surface area contributed by atoms with E-state index in [2.05, 4.69) is 0 Å². The van der Waals surface area contributed by atoms with Gasteiger partial charge in [-0.1, -0.05) is 61.4 Å². The number of ether oxygens (including phenoxy) is 1. The van der Waals surface area contributed by atoms with Gasteiger partial charge in [-0.25, -0.2) is 4.79 Å². The standard InChI is InChI=1S/C23H26O3/c24-22(20-7-3-1-4-8-20)16-15-18-11-13-19(14-12-18)17-26-23(25)21-9-5-2-6-10-21/h1-10,18-19H,11-17H2. The van der Waals surface area contributed by atoms with E-state index in [4.69, 9.17) is 4.74 Å². The Bertz CT molecular complexity index is 637. The summed E-state index contributed by atoms with van der Waals surface area (Å²) in [6.07, 6.45) is 5.98. The highest BCUT2D eigenvalue weighted by Gasteiger charge is 2.23. The number of ketones is 1. The van der Waals surface area contributed by atoms with Crippen LogP contribution in [0.15, 0.2) is 60.7 Å². The second-order valence-electron chi connectivity index (χ2n) is 7.18. The van der Waals surface area contributed by atoms with Gasteiger partial charge in [-0.2, -0.15) is 0 Å². The molecule has 0 radical (unpaired) electrons. The molecule has 0 saturated heterocycles. The molecule has 0 heterocycles. The Kier molecular flexibility index (Phi) is 6.59. The zero-order chi connectivity index (χ0) is 18.2. The topological polar surface area (TPSA) is 43.4 Å². The molecule has 0 aliphatic heterocycles. The molecule has 0 unspecified atom stereocenters. The van der Waals surface area contributed by atoms with Crippen molar-refractivity contribution in [3.05, 3.63) is 71.8 Å². The Labute approximate surface area is 155 Å². The lowest BCUT2D eigenvalue weighted by molar-refractivity contribution is 0.0392. The number of benzene rings is 2. The van der Waals surface area contributed by atoms with Crippen LogP contribution in [0.2, 0.25) is 0 Å². The van der Waals surface area contributed by atoms with Crippen LogP contribution in [0.4, 0.5) is 0 Å². The monoisotopic (exact) mass is 350 g/mol. The largest absolute Gasteiger partial charge is 0.462 e. The maximum absolute atomic E-state index is 12.2. The third-order valence-electron chi connectivity index (χ3n) is 5.30. The highest BCUT2D eigenvalue weighted by molar-refractivity contribution is 5.95. The predicted octanol–water partition coefficient (Wildman–Crippen LogP) is 5.31. The number of carbonyl (C=O) groups is 2. The third-order valence-corrected chi connectivity index (χ3v) is 5.30. The number of hydrogen-bond donors (Lipinski definition) is 0. The maximum Gasteiger partial charge on any atom is 0.338 e. The van der Waals surface area contributed by atoms with E-state index in [-0.39, 0.29) is 11.8 Å². The SMILES string of the molecule is O=C(CCC1CCC(COC(=O)c2ccccc2)CC1)c1ccccc1. The van der Waals surface area contributed by atoms with Gasteiger partial charge in [-0.15, -0.1) is 0 Å². The Morgan fingerprint density at radius 2 is 1.31 bits per heavy atom. The molecule has 1 fully saturated rings. The van der Waals surface area contributed by atoms with E-state index in [1.54, 1.807) is 12.1 Å². The minimum Gasteiger partial charge on any atom is -0.462 e. The summed E-state index contributed by atoms with van der Waals surface area (Å²) in [5.74, 6) is 1.07. The zero-order valence-corrected chi connectivity index (χ0v) is 15.1. The van der Waals surface area contributed by atoms with Gasteiger partial charge in [-0.3, -0.25) is 4.79 Å². The van der Waals surface area contributed by atoms with Crippen LogP contribution in [0.25, 0.3) is 0 Å². The molecule has 0 spiro atoms. The molecule has 0 amide bonds. The summed E-state index contributed by atoms with van der Waals surface area (Å²) in [6, 6.07) is 18.7. The van der Waals surface area contributed by atoms with Gasteiger partial charge in [0.25, 0.3) is 0 Å². The third kappa shape index (κ3) is 5.29. The number of Topliss-reactive ketones (excluding diaryl/α,β-unsaturated/α-hetero) is 1. The maximum atomic E-state index is 12.2. The van der Waals surface area contributed by atoms with E-state index < -0.39 is 0 Å². The molecule has 0 aromatic heterocycles. The molecule has 0 N–H and O–H groups in total. The van der Waals surface area contributed by atoms with Gasteiger partial charge in [0, 0.05) is 12.0 Å². The zero-order valence-electron chi connectivity index (χ0n) is 15.1. The summed E-state index contributed by atoms with van der Waals surface area (Å²) < 4.78 is 5.47.